The predicted octanol–water partition coefficient (Wildman–Crippen LogP) is 4.54. The van der Waals surface area contributed by atoms with E-state index in [1.165, 1.54) is 0 Å². The molecule has 5 heteroatoms. The summed E-state index contributed by atoms with van der Waals surface area (Å²) in [5, 5.41) is 4.92. The summed E-state index contributed by atoms with van der Waals surface area (Å²) >= 11 is 0. The summed E-state index contributed by atoms with van der Waals surface area (Å²) in [5.74, 6) is 0.321. The third-order valence-electron chi connectivity index (χ3n) is 4.09. The Balaban J connectivity index is 2.03. The van der Waals surface area contributed by atoms with Crippen LogP contribution in [0, 0.1) is 6.92 Å². The SMILES string of the molecule is Cc1nn(-c2ccccc2)c2nc(C3CC3)cc(C(F)F)c12. The zero-order valence-corrected chi connectivity index (χ0v) is 12.1. The zero-order chi connectivity index (χ0) is 15.3. The van der Waals surface area contributed by atoms with Crippen LogP contribution in [0.4, 0.5) is 8.78 Å². The maximum Gasteiger partial charge on any atom is 0.264 e. The summed E-state index contributed by atoms with van der Waals surface area (Å²) in [6, 6.07) is 11.1. The third-order valence-corrected chi connectivity index (χ3v) is 4.09. The monoisotopic (exact) mass is 299 g/mol. The van der Waals surface area contributed by atoms with E-state index in [4.69, 9.17) is 0 Å². The highest BCUT2D eigenvalue weighted by Gasteiger charge is 2.29. The summed E-state index contributed by atoms with van der Waals surface area (Å²) in [5.41, 5.74) is 2.76. The lowest BCUT2D eigenvalue weighted by atomic mass is 10.1. The average molecular weight is 299 g/mol. The lowest BCUT2D eigenvalue weighted by Gasteiger charge is -2.08. The topological polar surface area (TPSA) is 30.7 Å². The first-order chi connectivity index (χ1) is 10.6. The van der Waals surface area contributed by atoms with E-state index < -0.39 is 6.43 Å². The van der Waals surface area contributed by atoms with Gasteiger partial charge in [-0.25, -0.2) is 18.4 Å². The number of aryl methyl sites for hydroxylation is 1. The summed E-state index contributed by atoms with van der Waals surface area (Å²) in [7, 11) is 0. The van der Waals surface area contributed by atoms with Gasteiger partial charge in [0.25, 0.3) is 6.43 Å². The van der Waals surface area contributed by atoms with Crippen molar-refractivity contribution < 1.29 is 8.78 Å². The number of nitrogens with zero attached hydrogens (tertiary/aromatic N) is 3. The first-order valence-electron chi connectivity index (χ1n) is 7.39. The predicted molar refractivity (Wildman–Crippen MR) is 80.5 cm³/mol. The summed E-state index contributed by atoms with van der Waals surface area (Å²) < 4.78 is 28.6. The van der Waals surface area contributed by atoms with Gasteiger partial charge < -0.3 is 0 Å². The van der Waals surface area contributed by atoms with Crippen LogP contribution >= 0.6 is 0 Å². The maximum atomic E-state index is 13.5. The number of hydrogen-bond acceptors (Lipinski definition) is 2. The van der Waals surface area contributed by atoms with Crippen molar-refractivity contribution in [3.63, 3.8) is 0 Å². The molecule has 0 amide bonds. The van der Waals surface area contributed by atoms with Crippen LogP contribution in [0.5, 0.6) is 0 Å². The second-order valence-corrected chi connectivity index (χ2v) is 5.74. The molecule has 0 aliphatic heterocycles. The van der Waals surface area contributed by atoms with Crippen LogP contribution in [0.25, 0.3) is 16.7 Å². The number of alkyl halides is 2. The molecule has 112 valence electrons. The number of pyridine rings is 1. The summed E-state index contributed by atoms with van der Waals surface area (Å²) in [4.78, 5) is 4.64. The van der Waals surface area contributed by atoms with Gasteiger partial charge in [0.15, 0.2) is 5.65 Å². The Morgan fingerprint density at radius 2 is 1.91 bits per heavy atom. The molecule has 1 fully saturated rings. The Hall–Kier alpha value is -2.30. The van der Waals surface area contributed by atoms with Gasteiger partial charge in [-0.3, -0.25) is 0 Å². The average Bonchev–Trinajstić information content (AvgIpc) is 3.32. The zero-order valence-electron chi connectivity index (χ0n) is 12.1. The first kappa shape index (κ1) is 13.4. The smallest absolute Gasteiger partial charge is 0.233 e. The van der Waals surface area contributed by atoms with Gasteiger partial charge in [-0.05, 0) is 38.0 Å². The summed E-state index contributed by atoms with van der Waals surface area (Å²) in [6.07, 6.45) is -0.464. The Bertz CT molecular complexity index is 836. The van der Waals surface area contributed by atoms with Gasteiger partial charge in [0, 0.05) is 17.2 Å². The molecule has 1 aliphatic carbocycles. The molecule has 0 bridgehead atoms. The molecule has 22 heavy (non-hydrogen) atoms. The van der Waals surface area contributed by atoms with Crippen molar-refractivity contribution in [2.24, 2.45) is 0 Å². The number of para-hydroxylation sites is 1. The highest BCUT2D eigenvalue weighted by Crippen LogP contribution is 2.42. The van der Waals surface area contributed by atoms with Gasteiger partial charge >= 0.3 is 0 Å². The minimum Gasteiger partial charge on any atom is -0.233 e. The number of benzene rings is 1. The van der Waals surface area contributed by atoms with Crippen molar-refractivity contribution in [1.29, 1.82) is 0 Å². The molecule has 0 saturated heterocycles. The van der Waals surface area contributed by atoms with Crippen LogP contribution in [0.2, 0.25) is 0 Å². The number of aromatic nitrogens is 3. The molecule has 0 spiro atoms. The van der Waals surface area contributed by atoms with Crippen LogP contribution in [-0.4, -0.2) is 14.8 Å². The molecule has 4 rings (SSSR count). The van der Waals surface area contributed by atoms with Gasteiger partial charge in [-0.15, -0.1) is 0 Å². The fourth-order valence-electron chi connectivity index (χ4n) is 2.85. The fraction of sp³-hybridized carbons (Fsp3) is 0.294. The third kappa shape index (κ3) is 2.08. The Kier molecular flexibility index (Phi) is 2.96. The molecule has 0 radical (unpaired) electrons. The standard InChI is InChI=1S/C17H15F2N3/c1-10-15-13(16(18)19)9-14(11-7-8-11)20-17(15)22(21-10)12-5-3-2-4-6-12/h2-6,9,11,16H,7-8H2,1H3. The van der Waals surface area contributed by atoms with Gasteiger partial charge in [-0.2, -0.15) is 5.10 Å². The molecule has 2 aromatic heterocycles. The molecule has 0 N–H and O–H groups in total. The Morgan fingerprint density at radius 1 is 1.18 bits per heavy atom. The van der Waals surface area contributed by atoms with Gasteiger partial charge in [0.2, 0.25) is 0 Å². The molecule has 0 atom stereocenters. The van der Waals surface area contributed by atoms with E-state index in [2.05, 4.69) is 10.1 Å². The van der Waals surface area contributed by atoms with Crippen molar-refractivity contribution in [2.45, 2.75) is 32.1 Å². The van der Waals surface area contributed by atoms with Gasteiger partial charge in [0.05, 0.1) is 16.8 Å². The quantitative estimate of drug-likeness (QED) is 0.710. The molecular formula is C17H15F2N3. The minimum absolute atomic E-state index is 0.0478. The van der Waals surface area contributed by atoms with E-state index in [9.17, 15) is 8.78 Å². The maximum absolute atomic E-state index is 13.5. The second-order valence-electron chi connectivity index (χ2n) is 5.74. The van der Waals surface area contributed by atoms with Crippen LogP contribution in [0.3, 0.4) is 0 Å². The van der Waals surface area contributed by atoms with Crippen molar-refractivity contribution >= 4 is 11.0 Å². The van der Waals surface area contributed by atoms with E-state index in [0.717, 1.165) is 24.2 Å². The van der Waals surface area contributed by atoms with E-state index in [0.29, 0.717) is 22.6 Å². The lowest BCUT2D eigenvalue weighted by Crippen LogP contribution is -2.00. The number of fused-ring (bicyclic) bond motifs is 1. The van der Waals surface area contributed by atoms with Crippen LogP contribution in [-0.2, 0) is 0 Å². The molecule has 1 saturated carbocycles. The van der Waals surface area contributed by atoms with E-state index in [1.54, 1.807) is 17.7 Å². The summed E-state index contributed by atoms with van der Waals surface area (Å²) in [6.45, 7) is 1.76. The largest absolute Gasteiger partial charge is 0.264 e. The molecular weight excluding hydrogens is 284 g/mol. The van der Waals surface area contributed by atoms with Gasteiger partial charge in [0.1, 0.15) is 0 Å². The van der Waals surface area contributed by atoms with Crippen LogP contribution < -0.4 is 0 Å². The minimum atomic E-state index is -2.52. The normalized spacial score (nSPS) is 14.9. The number of rotatable bonds is 3. The highest BCUT2D eigenvalue weighted by atomic mass is 19.3. The van der Waals surface area contributed by atoms with Crippen molar-refractivity contribution in [3.8, 4) is 5.69 Å². The first-order valence-corrected chi connectivity index (χ1v) is 7.39. The van der Waals surface area contributed by atoms with Crippen molar-refractivity contribution in [1.82, 2.24) is 14.8 Å². The molecule has 2 heterocycles. The van der Waals surface area contributed by atoms with E-state index >= 15 is 0 Å². The molecule has 0 unspecified atom stereocenters. The van der Waals surface area contributed by atoms with Crippen LogP contribution in [0.1, 0.15) is 42.1 Å². The van der Waals surface area contributed by atoms with E-state index in [-0.39, 0.29) is 5.56 Å². The second kappa shape index (κ2) is 4.87. The van der Waals surface area contributed by atoms with E-state index in [1.807, 2.05) is 30.3 Å². The van der Waals surface area contributed by atoms with Crippen LogP contribution in [0.15, 0.2) is 36.4 Å². The number of hydrogen-bond donors (Lipinski definition) is 0. The molecule has 3 aromatic rings. The Labute approximate surface area is 126 Å². The number of halogens is 2. The molecule has 3 nitrogen and oxygen atoms in total. The Morgan fingerprint density at radius 3 is 2.55 bits per heavy atom. The lowest BCUT2D eigenvalue weighted by molar-refractivity contribution is 0.153. The van der Waals surface area contributed by atoms with Crippen molar-refractivity contribution in [2.75, 3.05) is 0 Å². The highest BCUT2D eigenvalue weighted by molar-refractivity contribution is 5.84. The molecule has 1 aliphatic rings. The van der Waals surface area contributed by atoms with Crippen molar-refractivity contribution in [3.05, 3.63) is 53.3 Å². The molecule has 1 aromatic carbocycles. The van der Waals surface area contributed by atoms with Gasteiger partial charge in [-0.1, -0.05) is 18.2 Å². The fourth-order valence-corrected chi connectivity index (χ4v) is 2.85.